The molecule has 1 unspecified atom stereocenters. The van der Waals surface area contributed by atoms with E-state index in [-0.39, 0.29) is 18.9 Å². The fourth-order valence-corrected chi connectivity index (χ4v) is 2.87. The van der Waals surface area contributed by atoms with Crippen molar-refractivity contribution in [2.24, 2.45) is 11.6 Å². The van der Waals surface area contributed by atoms with Gasteiger partial charge in [0.05, 0.1) is 5.69 Å². The van der Waals surface area contributed by atoms with Crippen LogP contribution in [0.2, 0.25) is 0 Å². The number of benzene rings is 1. The van der Waals surface area contributed by atoms with Gasteiger partial charge in [-0.05, 0) is 17.8 Å². The zero-order valence-electron chi connectivity index (χ0n) is 12.1. The smallest absolute Gasteiger partial charge is 0.273 e. The third-order valence-electron chi connectivity index (χ3n) is 3.10. The number of hydrogen-bond donors (Lipinski definition) is 2. The molecule has 0 saturated heterocycles. The third-order valence-corrected chi connectivity index (χ3v) is 4.23. The Morgan fingerprint density at radius 2 is 2.27 bits per heavy atom. The van der Waals surface area contributed by atoms with E-state index in [2.05, 4.69) is 14.2 Å². The van der Waals surface area contributed by atoms with E-state index in [4.69, 9.17) is 16.3 Å². The van der Waals surface area contributed by atoms with Gasteiger partial charge in [-0.15, -0.1) is 9.24 Å². The second kappa shape index (κ2) is 8.19. The SMILES string of the molecule is NCCC(=O)N(N)c1cccc(CP)c1COc1nccs1. The average Bonchev–Trinajstić information content (AvgIpc) is 3.05. The quantitative estimate of drug-likeness (QED) is 0.346. The van der Waals surface area contributed by atoms with E-state index >= 15 is 0 Å². The lowest BCUT2D eigenvalue weighted by molar-refractivity contribution is -0.118. The molecule has 6 nitrogen and oxygen atoms in total. The number of thiazole rings is 1. The maximum atomic E-state index is 12.0. The van der Waals surface area contributed by atoms with Gasteiger partial charge in [0.25, 0.3) is 5.19 Å². The summed E-state index contributed by atoms with van der Waals surface area (Å²) in [6.07, 6.45) is 2.63. The number of nitrogens with zero attached hydrogens (tertiary/aromatic N) is 2. The largest absolute Gasteiger partial charge is 0.465 e. The topological polar surface area (TPSA) is 94.5 Å². The van der Waals surface area contributed by atoms with E-state index in [0.717, 1.165) is 22.3 Å². The first-order valence-electron chi connectivity index (χ1n) is 6.78. The Labute approximate surface area is 135 Å². The number of carbonyl (C=O) groups excluding carboxylic acids is 1. The monoisotopic (exact) mass is 338 g/mol. The van der Waals surface area contributed by atoms with Crippen molar-refractivity contribution in [2.45, 2.75) is 19.2 Å². The molecule has 0 spiro atoms. The molecule has 8 heteroatoms. The van der Waals surface area contributed by atoms with Gasteiger partial charge in [0.1, 0.15) is 6.61 Å². The molecule has 0 saturated carbocycles. The predicted molar refractivity (Wildman–Crippen MR) is 91.6 cm³/mol. The molecule has 118 valence electrons. The molecule has 0 radical (unpaired) electrons. The number of nitrogens with two attached hydrogens (primary N) is 2. The lowest BCUT2D eigenvalue weighted by atomic mass is 10.1. The molecule has 0 fully saturated rings. The van der Waals surface area contributed by atoms with Crippen LogP contribution in [-0.2, 0) is 17.6 Å². The maximum absolute atomic E-state index is 12.0. The van der Waals surface area contributed by atoms with E-state index in [1.807, 2.05) is 17.5 Å². The number of rotatable bonds is 7. The van der Waals surface area contributed by atoms with Crippen molar-refractivity contribution in [1.29, 1.82) is 0 Å². The number of aromatic nitrogens is 1. The first-order chi connectivity index (χ1) is 10.7. The van der Waals surface area contributed by atoms with Gasteiger partial charge in [-0.3, -0.25) is 4.79 Å². The van der Waals surface area contributed by atoms with Crippen molar-refractivity contribution in [3.05, 3.63) is 40.9 Å². The van der Waals surface area contributed by atoms with Crippen molar-refractivity contribution in [3.63, 3.8) is 0 Å². The van der Waals surface area contributed by atoms with Crippen LogP contribution < -0.4 is 21.3 Å². The Kier molecular flexibility index (Phi) is 6.27. The summed E-state index contributed by atoms with van der Waals surface area (Å²) < 4.78 is 5.69. The molecule has 1 aromatic carbocycles. The van der Waals surface area contributed by atoms with Gasteiger partial charge in [0, 0.05) is 30.1 Å². The highest BCUT2D eigenvalue weighted by Crippen LogP contribution is 2.27. The van der Waals surface area contributed by atoms with Gasteiger partial charge in [0.2, 0.25) is 5.91 Å². The molecular formula is C14H19N4O2PS. The van der Waals surface area contributed by atoms with Crippen molar-refractivity contribution < 1.29 is 9.53 Å². The van der Waals surface area contributed by atoms with E-state index in [0.29, 0.717) is 17.5 Å². The van der Waals surface area contributed by atoms with Crippen LogP contribution >= 0.6 is 20.6 Å². The Bertz CT molecular complexity index is 621. The maximum Gasteiger partial charge on any atom is 0.273 e. The van der Waals surface area contributed by atoms with Gasteiger partial charge < -0.3 is 10.5 Å². The number of carbonyl (C=O) groups is 1. The minimum Gasteiger partial charge on any atom is -0.465 e. The molecule has 22 heavy (non-hydrogen) atoms. The van der Waals surface area contributed by atoms with E-state index in [1.165, 1.54) is 11.3 Å². The minimum atomic E-state index is -0.223. The van der Waals surface area contributed by atoms with Crippen molar-refractivity contribution in [3.8, 4) is 5.19 Å². The summed E-state index contributed by atoms with van der Waals surface area (Å²) >= 11 is 1.42. The molecule has 1 atom stereocenters. The summed E-state index contributed by atoms with van der Waals surface area (Å²) in [5.74, 6) is 5.73. The Morgan fingerprint density at radius 1 is 1.45 bits per heavy atom. The van der Waals surface area contributed by atoms with E-state index < -0.39 is 0 Å². The van der Waals surface area contributed by atoms with E-state index in [1.54, 1.807) is 12.3 Å². The zero-order chi connectivity index (χ0) is 15.9. The standard InChI is InChI=1S/C14H19N4O2PS/c15-5-4-13(19)18(16)12-3-1-2-10(9-21)11(12)8-20-14-17-6-7-22-14/h1-3,6-7H,4-5,8-9,15-16,21H2. The summed E-state index contributed by atoms with van der Waals surface area (Å²) in [7, 11) is 2.67. The Balaban J connectivity index is 2.26. The molecule has 0 bridgehead atoms. The van der Waals surface area contributed by atoms with Crippen LogP contribution in [0.15, 0.2) is 29.8 Å². The second-order valence-electron chi connectivity index (χ2n) is 4.51. The Morgan fingerprint density at radius 3 is 2.91 bits per heavy atom. The number of amides is 1. The molecule has 0 aliphatic carbocycles. The van der Waals surface area contributed by atoms with Crippen LogP contribution in [0, 0.1) is 0 Å². The Hall–Kier alpha value is -1.53. The molecular weight excluding hydrogens is 319 g/mol. The summed E-state index contributed by atoms with van der Waals surface area (Å²) in [6, 6.07) is 5.66. The summed E-state index contributed by atoms with van der Waals surface area (Å²) in [5.41, 5.74) is 7.99. The van der Waals surface area contributed by atoms with Crippen LogP contribution in [0.25, 0.3) is 0 Å². The molecule has 1 aromatic heterocycles. The van der Waals surface area contributed by atoms with Crippen LogP contribution in [-0.4, -0.2) is 17.4 Å². The normalized spacial score (nSPS) is 10.5. The van der Waals surface area contributed by atoms with Crippen LogP contribution in [0.1, 0.15) is 17.5 Å². The van der Waals surface area contributed by atoms with Crippen molar-refractivity contribution >= 4 is 32.2 Å². The van der Waals surface area contributed by atoms with Crippen molar-refractivity contribution in [2.75, 3.05) is 11.6 Å². The average molecular weight is 338 g/mol. The van der Waals surface area contributed by atoms with Gasteiger partial charge >= 0.3 is 0 Å². The molecule has 0 aliphatic heterocycles. The highest BCUT2D eigenvalue weighted by molar-refractivity contribution is 7.15. The number of hydrogen-bond acceptors (Lipinski definition) is 6. The number of ether oxygens (including phenoxy) is 1. The summed E-state index contributed by atoms with van der Waals surface area (Å²) in [4.78, 5) is 16.1. The number of anilines is 1. The minimum absolute atomic E-state index is 0.203. The fourth-order valence-electron chi connectivity index (χ4n) is 2.00. The lowest BCUT2D eigenvalue weighted by Gasteiger charge is -2.21. The highest BCUT2D eigenvalue weighted by atomic mass is 32.1. The molecule has 2 rings (SSSR count). The lowest BCUT2D eigenvalue weighted by Crippen LogP contribution is -2.39. The second-order valence-corrected chi connectivity index (χ2v) is 5.77. The highest BCUT2D eigenvalue weighted by Gasteiger charge is 2.17. The molecule has 1 amide bonds. The molecule has 0 aliphatic rings. The molecule has 2 aromatic rings. The summed E-state index contributed by atoms with van der Waals surface area (Å²) in [5, 5.41) is 3.58. The number of hydrazine groups is 1. The zero-order valence-corrected chi connectivity index (χ0v) is 14.0. The van der Waals surface area contributed by atoms with E-state index in [9.17, 15) is 4.79 Å². The van der Waals surface area contributed by atoms with Crippen LogP contribution in [0.3, 0.4) is 0 Å². The van der Waals surface area contributed by atoms with Gasteiger partial charge in [-0.1, -0.05) is 23.5 Å². The molecule has 1 heterocycles. The first-order valence-corrected chi connectivity index (χ1v) is 8.47. The predicted octanol–water partition coefficient (Wildman–Crippen LogP) is 1.65. The van der Waals surface area contributed by atoms with Crippen LogP contribution in [0.4, 0.5) is 5.69 Å². The van der Waals surface area contributed by atoms with Crippen molar-refractivity contribution in [1.82, 2.24) is 4.98 Å². The molecule has 4 N–H and O–H groups in total. The third kappa shape index (κ3) is 4.01. The summed E-state index contributed by atoms with van der Waals surface area (Å²) in [6.45, 7) is 0.567. The van der Waals surface area contributed by atoms with Gasteiger partial charge in [0.15, 0.2) is 0 Å². The van der Waals surface area contributed by atoms with Gasteiger partial charge in [-0.2, -0.15) is 0 Å². The van der Waals surface area contributed by atoms with Gasteiger partial charge in [-0.25, -0.2) is 15.8 Å². The van der Waals surface area contributed by atoms with Crippen LogP contribution in [0.5, 0.6) is 5.19 Å². The fraction of sp³-hybridized carbons (Fsp3) is 0.286. The first kappa shape index (κ1) is 16.8.